The lowest BCUT2D eigenvalue weighted by Gasteiger charge is -2.21. The van der Waals surface area contributed by atoms with Crippen LogP contribution in [-0.4, -0.2) is 30.6 Å². The van der Waals surface area contributed by atoms with E-state index in [-0.39, 0.29) is 24.1 Å². The van der Waals surface area contributed by atoms with Gasteiger partial charge in [0.2, 0.25) is 0 Å². The highest BCUT2D eigenvalue weighted by Crippen LogP contribution is 2.09. The minimum atomic E-state index is -0.500. The summed E-state index contributed by atoms with van der Waals surface area (Å²) >= 11 is 0. The molecule has 0 N–H and O–H groups in total. The molecule has 0 radical (unpaired) electrons. The van der Waals surface area contributed by atoms with Gasteiger partial charge in [0.05, 0.1) is 5.56 Å². The Morgan fingerprint density at radius 2 is 1.87 bits per heavy atom. The topological polar surface area (TPSA) is 29.5 Å². The van der Waals surface area contributed by atoms with Crippen LogP contribution in [0.4, 0.5) is 4.39 Å². The van der Waals surface area contributed by atoms with E-state index in [0.29, 0.717) is 6.54 Å². The summed E-state index contributed by atoms with van der Waals surface area (Å²) in [5, 5.41) is 0. The largest absolute Gasteiger partial charge is 0.458 e. The van der Waals surface area contributed by atoms with Crippen molar-refractivity contribution in [3.8, 4) is 0 Å². The number of rotatable bonds is 6. The van der Waals surface area contributed by atoms with Gasteiger partial charge in [0, 0.05) is 13.1 Å². The van der Waals surface area contributed by atoms with E-state index in [0.717, 1.165) is 6.54 Å². The summed E-state index contributed by atoms with van der Waals surface area (Å²) in [5.41, 5.74) is 1.44. The number of halogens is 2. The number of carbonyl (C=O) groups is 1. The number of ether oxygens (including phenoxy) is 1. The summed E-state index contributed by atoms with van der Waals surface area (Å²) in [5.74, 6) is -0.941. The highest BCUT2D eigenvalue weighted by Gasteiger charge is 2.14. The Morgan fingerprint density at radius 3 is 2.52 bits per heavy atom. The Morgan fingerprint density at radius 1 is 1.17 bits per heavy atom. The molecule has 0 aromatic heterocycles. The zero-order valence-corrected chi connectivity index (χ0v) is 14.1. The van der Waals surface area contributed by atoms with Gasteiger partial charge in [0.1, 0.15) is 11.9 Å². The summed E-state index contributed by atoms with van der Waals surface area (Å²) in [4.78, 5) is 14.0. The van der Waals surface area contributed by atoms with Crippen molar-refractivity contribution >= 4 is 18.4 Å². The van der Waals surface area contributed by atoms with Crippen molar-refractivity contribution in [2.24, 2.45) is 0 Å². The van der Waals surface area contributed by atoms with Crippen LogP contribution in [0.1, 0.15) is 22.8 Å². The summed E-state index contributed by atoms with van der Waals surface area (Å²) in [6.45, 7) is 3.22. The number of hydrogen-bond acceptors (Lipinski definition) is 3. The molecule has 0 aliphatic carbocycles. The third-order valence-electron chi connectivity index (χ3n) is 3.23. The first-order chi connectivity index (χ1) is 10.5. The van der Waals surface area contributed by atoms with Crippen LogP contribution in [0.5, 0.6) is 0 Å². The van der Waals surface area contributed by atoms with Crippen LogP contribution in [0.2, 0.25) is 0 Å². The average Bonchev–Trinajstić information content (AvgIpc) is 2.47. The van der Waals surface area contributed by atoms with Crippen LogP contribution >= 0.6 is 12.4 Å². The molecule has 0 heterocycles. The van der Waals surface area contributed by atoms with Crippen LogP contribution < -0.4 is 0 Å². The fourth-order valence-corrected chi connectivity index (χ4v) is 2.30. The fourth-order valence-electron chi connectivity index (χ4n) is 2.30. The Balaban J connectivity index is 0.00000264. The predicted octanol–water partition coefficient (Wildman–Crippen LogP) is 3.92. The van der Waals surface area contributed by atoms with Crippen LogP contribution in [0.15, 0.2) is 54.6 Å². The van der Waals surface area contributed by atoms with Crippen molar-refractivity contribution < 1.29 is 13.9 Å². The Kier molecular flexibility index (Phi) is 7.72. The second kappa shape index (κ2) is 9.28. The highest BCUT2D eigenvalue weighted by molar-refractivity contribution is 5.89. The molecule has 124 valence electrons. The van der Waals surface area contributed by atoms with Gasteiger partial charge in [-0.25, -0.2) is 9.18 Å². The second-order valence-electron chi connectivity index (χ2n) is 5.41. The van der Waals surface area contributed by atoms with E-state index < -0.39 is 11.8 Å². The lowest BCUT2D eigenvalue weighted by molar-refractivity contribution is 0.0267. The van der Waals surface area contributed by atoms with E-state index in [1.807, 2.05) is 32.2 Å². The maximum absolute atomic E-state index is 13.1. The summed E-state index contributed by atoms with van der Waals surface area (Å²) in [6, 6.07) is 15.6. The number of esters is 1. The average molecular weight is 338 g/mol. The van der Waals surface area contributed by atoms with E-state index >= 15 is 0 Å². The van der Waals surface area contributed by atoms with E-state index in [2.05, 4.69) is 17.0 Å². The molecule has 0 saturated heterocycles. The predicted molar refractivity (Wildman–Crippen MR) is 91.3 cm³/mol. The molecule has 0 aliphatic rings. The monoisotopic (exact) mass is 337 g/mol. The second-order valence-corrected chi connectivity index (χ2v) is 5.41. The van der Waals surface area contributed by atoms with Gasteiger partial charge in [-0.05, 0) is 37.7 Å². The molecule has 2 aromatic rings. The molecule has 0 aliphatic heterocycles. The van der Waals surface area contributed by atoms with Gasteiger partial charge in [-0.2, -0.15) is 0 Å². The van der Waals surface area contributed by atoms with Crippen molar-refractivity contribution in [3.05, 3.63) is 71.5 Å². The summed E-state index contributed by atoms with van der Waals surface area (Å²) in [6.07, 6.45) is -0.274. The number of nitrogens with zero attached hydrogens (tertiary/aromatic N) is 1. The van der Waals surface area contributed by atoms with Gasteiger partial charge >= 0.3 is 5.97 Å². The molecule has 23 heavy (non-hydrogen) atoms. The van der Waals surface area contributed by atoms with Gasteiger partial charge in [0.15, 0.2) is 0 Å². The third-order valence-corrected chi connectivity index (χ3v) is 3.23. The molecular formula is C18H21ClFNO2. The summed E-state index contributed by atoms with van der Waals surface area (Å²) in [7, 11) is 1.97. The minimum absolute atomic E-state index is 0. The first kappa shape index (κ1) is 19.1. The first-order valence-electron chi connectivity index (χ1n) is 7.23. The van der Waals surface area contributed by atoms with Gasteiger partial charge in [-0.1, -0.05) is 36.4 Å². The third kappa shape index (κ3) is 6.38. The van der Waals surface area contributed by atoms with Crippen molar-refractivity contribution in [2.45, 2.75) is 19.6 Å². The van der Waals surface area contributed by atoms with Crippen molar-refractivity contribution in [3.63, 3.8) is 0 Å². The molecule has 0 fully saturated rings. The number of benzene rings is 2. The van der Waals surface area contributed by atoms with Gasteiger partial charge in [0.25, 0.3) is 0 Å². The Labute approximate surface area is 142 Å². The van der Waals surface area contributed by atoms with E-state index in [1.54, 1.807) is 6.07 Å². The van der Waals surface area contributed by atoms with Crippen LogP contribution in [0.3, 0.4) is 0 Å². The molecule has 5 heteroatoms. The molecule has 0 saturated carbocycles. The molecule has 2 rings (SSSR count). The fraction of sp³-hybridized carbons (Fsp3) is 0.278. The SMILES string of the molecule is CC(CN(C)Cc1ccccc1)OC(=O)c1cccc(F)c1.Cl. The molecule has 2 aromatic carbocycles. The van der Waals surface area contributed by atoms with Crippen LogP contribution in [0.25, 0.3) is 0 Å². The smallest absolute Gasteiger partial charge is 0.338 e. The molecular weight excluding hydrogens is 317 g/mol. The Hall–Kier alpha value is -1.91. The first-order valence-corrected chi connectivity index (χ1v) is 7.23. The zero-order valence-electron chi connectivity index (χ0n) is 13.2. The Bertz CT molecular complexity index is 621. The van der Waals surface area contributed by atoms with Crippen molar-refractivity contribution in [1.82, 2.24) is 4.90 Å². The maximum Gasteiger partial charge on any atom is 0.338 e. The molecule has 0 amide bonds. The van der Waals surface area contributed by atoms with E-state index in [1.165, 1.54) is 23.8 Å². The van der Waals surface area contributed by atoms with Gasteiger partial charge in [-0.15, -0.1) is 12.4 Å². The van der Waals surface area contributed by atoms with Crippen LogP contribution in [0, 0.1) is 5.82 Å². The lowest BCUT2D eigenvalue weighted by atomic mass is 10.2. The molecule has 0 spiro atoms. The van der Waals surface area contributed by atoms with Crippen molar-refractivity contribution in [1.29, 1.82) is 0 Å². The normalized spacial score (nSPS) is 11.7. The number of hydrogen-bond donors (Lipinski definition) is 0. The highest BCUT2D eigenvalue weighted by atomic mass is 35.5. The van der Waals surface area contributed by atoms with Gasteiger partial charge < -0.3 is 4.74 Å². The van der Waals surface area contributed by atoms with Crippen molar-refractivity contribution in [2.75, 3.05) is 13.6 Å². The molecule has 3 nitrogen and oxygen atoms in total. The molecule has 0 bridgehead atoms. The van der Waals surface area contributed by atoms with Gasteiger partial charge in [-0.3, -0.25) is 4.90 Å². The number of carbonyl (C=O) groups excluding carboxylic acids is 1. The van der Waals surface area contributed by atoms with E-state index in [9.17, 15) is 9.18 Å². The minimum Gasteiger partial charge on any atom is -0.458 e. The standard InChI is InChI=1S/C18H20FNO2.ClH/c1-14(12-20(2)13-15-7-4-3-5-8-15)22-18(21)16-9-6-10-17(19)11-16;/h3-11,14H,12-13H2,1-2H3;1H. The zero-order chi connectivity index (χ0) is 15.9. The number of likely N-dealkylation sites (N-methyl/N-ethyl adjacent to an activating group) is 1. The van der Waals surface area contributed by atoms with Crippen LogP contribution in [-0.2, 0) is 11.3 Å². The quantitative estimate of drug-likeness (QED) is 0.748. The molecule has 1 atom stereocenters. The molecule has 1 unspecified atom stereocenters. The lowest BCUT2D eigenvalue weighted by Crippen LogP contribution is -2.30. The summed E-state index contributed by atoms with van der Waals surface area (Å²) < 4.78 is 18.5. The maximum atomic E-state index is 13.1. The van der Waals surface area contributed by atoms with E-state index in [4.69, 9.17) is 4.74 Å².